The van der Waals surface area contributed by atoms with Gasteiger partial charge in [-0.25, -0.2) is 4.68 Å². The minimum atomic E-state index is 0.0673. The van der Waals surface area contributed by atoms with Gasteiger partial charge in [0.1, 0.15) is 0 Å². The number of nitrogens with zero attached hydrogens (tertiary/aromatic N) is 6. The van der Waals surface area contributed by atoms with E-state index in [1.165, 1.54) is 0 Å². The maximum atomic E-state index is 12.6. The molecular weight excluding hydrogens is 408 g/mol. The molecule has 1 aromatic carbocycles. The summed E-state index contributed by atoms with van der Waals surface area (Å²) in [7, 11) is 0. The maximum Gasteiger partial charge on any atom is 0.253 e. The summed E-state index contributed by atoms with van der Waals surface area (Å²) in [5, 5.41) is 12.9. The second-order valence-corrected chi connectivity index (χ2v) is 7.35. The highest BCUT2D eigenvalue weighted by Gasteiger charge is 2.23. The van der Waals surface area contributed by atoms with E-state index in [4.69, 9.17) is 0 Å². The summed E-state index contributed by atoms with van der Waals surface area (Å²) in [5.74, 6) is 1.58. The third-order valence-corrected chi connectivity index (χ3v) is 5.10. The lowest BCUT2D eigenvalue weighted by atomic mass is 10.2. The van der Waals surface area contributed by atoms with Crippen molar-refractivity contribution in [2.45, 2.75) is 6.92 Å². The summed E-state index contributed by atoms with van der Waals surface area (Å²) in [6, 6.07) is 13.3. The van der Waals surface area contributed by atoms with Crippen molar-refractivity contribution in [2.24, 2.45) is 0 Å². The van der Waals surface area contributed by atoms with E-state index in [-0.39, 0.29) is 5.91 Å². The van der Waals surface area contributed by atoms with E-state index in [9.17, 15) is 4.79 Å². The molecule has 1 amide bonds. The van der Waals surface area contributed by atoms with Gasteiger partial charge in [-0.05, 0) is 49.4 Å². The van der Waals surface area contributed by atoms with Crippen LogP contribution in [0.15, 0.2) is 53.1 Å². The van der Waals surface area contributed by atoms with E-state index in [1.807, 2.05) is 60.5 Å². The summed E-state index contributed by atoms with van der Waals surface area (Å²) in [6.07, 6.45) is 1.87. The number of aryl methyl sites for hydroxylation is 1. The number of hydrogen-bond donors (Lipinski definition) is 0. The Morgan fingerprint density at radius 3 is 2.19 bits per heavy atom. The molecule has 1 saturated heterocycles. The molecule has 27 heavy (non-hydrogen) atoms. The summed E-state index contributed by atoms with van der Waals surface area (Å²) >= 11 is 3.40. The molecule has 0 bridgehead atoms. The zero-order valence-electron chi connectivity index (χ0n) is 14.9. The molecule has 0 radical (unpaired) electrons. The van der Waals surface area contributed by atoms with Crippen molar-refractivity contribution in [1.82, 2.24) is 24.9 Å². The van der Waals surface area contributed by atoms with Crippen LogP contribution >= 0.6 is 15.9 Å². The number of carbonyl (C=O) groups excluding carboxylic acids is 1. The van der Waals surface area contributed by atoms with Gasteiger partial charge in [0.25, 0.3) is 5.91 Å². The lowest BCUT2D eigenvalue weighted by Gasteiger charge is -2.35. The third kappa shape index (κ3) is 3.85. The number of anilines is 1. The Kier molecular flexibility index (Phi) is 4.89. The maximum absolute atomic E-state index is 12.6. The van der Waals surface area contributed by atoms with Crippen LogP contribution in [0.4, 0.5) is 5.82 Å². The summed E-state index contributed by atoms with van der Waals surface area (Å²) in [6.45, 7) is 4.73. The van der Waals surface area contributed by atoms with Crippen molar-refractivity contribution in [1.29, 1.82) is 0 Å². The van der Waals surface area contributed by atoms with E-state index in [2.05, 4.69) is 36.1 Å². The highest BCUT2D eigenvalue weighted by molar-refractivity contribution is 9.10. The van der Waals surface area contributed by atoms with Crippen LogP contribution in [-0.4, -0.2) is 57.0 Å². The van der Waals surface area contributed by atoms with Crippen molar-refractivity contribution in [3.8, 4) is 5.82 Å². The number of benzene rings is 1. The molecule has 4 rings (SSSR count). The van der Waals surface area contributed by atoms with Crippen LogP contribution < -0.4 is 4.90 Å². The smallest absolute Gasteiger partial charge is 0.253 e. The van der Waals surface area contributed by atoms with E-state index >= 15 is 0 Å². The van der Waals surface area contributed by atoms with Crippen LogP contribution in [0.5, 0.6) is 0 Å². The van der Waals surface area contributed by atoms with Crippen LogP contribution in [0.1, 0.15) is 16.1 Å². The molecule has 0 spiro atoms. The average molecular weight is 427 g/mol. The first-order valence-electron chi connectivity index (χ1n) is 8.76. The molecule has 8 heteroatoms. The zero-order valence-corrected chi connectivity index (χ0v) is 16.5. The van der Waals surface area contributed by atoms with Crippen LogP contribution in [0.2, 0.25) is 0 Å². The second kappa shape index (κ2) is 7.48. The standard InChI is InChI=1S/C19H19BrN6O/c1-14-8-9-26(23-14)18-7-6-17(21-22-18)24-10-12-25(13-11-24)19(27)15-2-4-16(20)5-3-15/h2-9H,10-13H2,1H3. The molecule has 0 N–H and O–H groups in total. The van der Waals surface area contributed by atoms with Gasteiger partial charge < -0.3 is 9.80 Å². The topological polar surface area (TPSA) is 67.2 Å². The minimum Gasteiger partial charge on any atom is -0.352 e. The van der Waals surface area contributed by atoms with Gasteiger partial charge in [-0.1, -0.05) is 15.9 Å². The van der Waals surface area contributed by atoms with Crippen molar-refractivity contribution in [3.05, 3.63) is 64.4 Å². The zero-order chi connectivity index (χ0) is 18.8. The van der Waals surface area contributed by atoms with Gasteiger partial charge in [-0.3, -0.25) is 4.79 Å². The highest BCUT2D eigenvalue weighted by atomic mass is 79.9. The Bertz CT molecular complexity index is 930. The van der Waals surface area contributed by atoms with E-state index in [0.717, 1.165) is 29.1 Å². The molecule has 2 aromatic heterocycles. The van der Waals surface area contributed by atoms with Crippen LogP contribution in [0.3, 0.4) is 0 Å². The molecule has 1 aliphatic rings. The number of carbonyl (C=O) groups is 1. The number of hydrogen-bond acceptors (Lipinski definition) is 5. The van der Waals surface area contributed by atoms with Gasteiger partial charge in [0, 0.05) is 42.4 Å². The number of aromatic nitrogens is 4. The number of amides is 1. The largest absolute Gasteiger partial charge is 0.352 e. The van der Waals surface area contributed by atoms with Gasteiger partial charge in [0.05, 0.1) is 5.69 Å². The molecule has 1 aliphatic heterocycles. The molecule has 138 valence electrons. The Morgan fingerprint density at radius 1 is 0.926 bits per heavy atom. The second-order valence-electron chi connectivity index (χ2n) is 6.44. The quantitative estimate of drug-likeness (QED) is 0.643. The molecule has 0 atom stereocenters. The number of rotatable bonds is 3. The fraction of sp³-hybridized carbons (Fsp3) is 0.263. The predicted octanol–water partition coefficient (Wildman–Crippen LogP) is 2.70. The fourth-order valence-corrected chi connectivity index (χ4v) is 3.33. The molecule has 0 unspecified atom stereocenters. The molecule has 3 heterocycles. The van der Waals surface area contributed by atoms with Gasteiger partial charge in [-0.2, -0.15) is 5.10 Å². The SMILES string of the molecule is Cc1ccn(-c2ccc(N3CCN(C(=O)c4ccc(Br)cc4)CC3)nn2)n1. The first kappa shape index (κ1) is 17.7. The molecule has 1 fully saturated rings. The molecule has 7 nitrogen and oxygen atoms in total. The Morgan fingerprint density at radius 2 is 1.59 bits per heavy atom. The Balaban J connectivity index is 1.39. The van der Waals surface area contributed by atoms with Crippen molar-refractivity contribution >= 4 is 27.7 Å². The first-order valence-corrected chi connectivity index (χ1v) is 9.55. The minimum absolute atomic E-state index is 0.0673. The fourth-order valence-electron chi connectivity index (χ4n) is 3.07. The van der Waals surface area contributed by atoms with Gasteiger partial charge >= 0.3 is 0 Å². The summed E-state index contributed by atoms with van der Waals surface area (Å²) in [4.78, 5) is 16.6. The Hall–Kier alpha value is -2.74. The average Bonchev–Trinajstić information content (AvgIpc) is 3.15. The lowest BCUT2D eigenvalue weighted by molar-refractivity contribution is 0.0746. The number of halogens is 1. The van der Waals surface area contributed by atoms with E-state index < -0.39 is 0 Å². The van der Waals surface area contributed by atoms with E-state index in [0.29, 0.717) is 24.5 Å². The van der Waals surface area contributed by atoms with Crippen molar-refractivity contribution < 1.29 is 4.79 Å². The summed E-state index contributed by atoms with van der Waals surface area (Å²) in [5.41, 5.74) is 1.65. The first-order chi connectivity index (χ1) is 13.1. The molecule has 3 aromatic rings. The van der Waals surface area contributed by atoms with Crippen LogP contribution in [-0.2, 0) is 0 Å². The molecular formula is C19H19BrN6O. The Labute approximate surface area is 165 Å². The predicted molar refractivity (Wildman–Crippen MR) is 106 cm³/mol. The van der Waals surface area contributed by atoms with E-state index in [1.54, 1.807) is 4.68 Å². The van der Waals surface area contributed by atoms with Gasteiger partial charge in [-0.15, -0.1) is 10.2 Å². The highest BCUT2D eigenvalue weighted by Crippen LogP contribution is 2.17. The molecule has 0 saturated carbocycles. The summed E-state index contributed by atoms with van der Waals surface area (Å²) < 4.78 is 2.68. The lowest BCUT2D eigenvalue weighted by Crippen LogP contribution is -2.49. The van der Waals surface area contributed by atoms with Crippen LogP contribution in [0, 0.1) is 6.92 Å². The van der Waals surface area contributed by atoms with Crippen molar-refractivity contribution in [2.75, 3.05) is 31.1 Å². The van der Waals surface area contributed by atoms with Crippen LogP contribution in [0.25, 0.3) is 5.82 Å². The van der Waals surface area contributed by atoms with Gasteiger partial charge in [0.2, 0.25) is 0 Å². The molecule has 0 aliphatic carbocycles. The monoisotopic (exact) mass is 426 g/mol. The van der Waals surface area contributed by atoms with Gasteiger partial charge in [0.15, 0.2) is 11.6 Å². The third-order valence-electron chi connectivity index (χ3n) is 4.58. The number of piperazine rings is 1. The normalized spacial score (nSPS) is 14.4. The van der Waals surface area contributed by atoms with Crippen molar-refractivity contribution in [3.63, 3.8) is 0 Å².